The number of halogens is 1. The maximum Gasteiger partial charge on any atom is 0.179 e. The molecule has 1 aliphatic heterocycles. The van der Waals surface area contributed by atoms with E-state index in [4.69, 9.17) is 25.5 Å². The van der Waals surface area contributed by atoms with Crippen LogP contribution in [0.4, 0.5) is 0 Å². The van der Waals surface area contributed by atoms with Gasteiger partial charge in [0.15, 0.2) is 11.5 Å². The van der Waals surface area contributed by atoms with E-state index < -0.39 is 0 Å². The molecule has 0 aliphatic carbocycles. The van der Waals surface area contributed by atoms with E-state index in [1.165, 1.54) is 0 Å². The summed E-state index contributed by atoms with van der Waals surface area (Å²) >= 11 is 6.32. The van der Waals surface area contributed by atoms with Gasteiger partial charge >= 0.3 is 0 Å². The van der Waals surface area contributed by atoms with E-state index in [1.807, 2.05) is 31.2 Å². The Hall–Kier alpha value is -1.65. The Balaban J connectivity index is 1.72. The molecule has 0 saturated heterocycles. The van der Waals surface area contributed by atoms with Crippen LogP contribution in [-0.4, -0.2) is 25.2 Å². The number of hydrogen-bond acceptors (Lipinski definition) is 4. The average molecular weight is 322 g/mol. The molecule has 0 radical (unpaired) electrons. The fourth-order valence-corrected chi connectivity index (χ4v) is 2.87. The van der Waals surface area contributed by atoms with Crippen molar-refractivity contribution in [1.29, 1.82) is 0 Å². The van der Waals surface area contributed by atoms with Crippen LogP contribution in [0.2, 0.25) is 5.02 Å². The van der Waals surface area contributed by atoms with Gasteiger partial charge in [0.05, 0.1) is 24.8 Å². The Morgan fingerprint density at radius 3 is 2.73 bits per heavy atom. The van der Waals surface area contributed by atoms with Crippen molar-refractivity contribution in [3.05, 3.63) is 46.4 Å². The molecule has 118 valence electrons. The van der Waals surface area contributed by atoms with Crippen LogP contribution in [0.25, 0.3) is 0 Å². The summed E-state index contributed by atoms with van der Waals surface area (Å²) in [6.07, 6.45) is 0.873. The van der Waals surface area contributed by atoms with E-state index in [2.05, 4.69) is 11.9 Å². The van der Waals surface area contributed by atoms with Crippen LogP contribution in [-0.2, 0) is 13.1 Å². The number of hydrogen-bond donors (Lipinski definition) is 0. The molecule has 2 aromatic rings. The van der Waals surface area contributed by atoms with Crippen LogP contribution in [0.15, 0.2) is 28.7 Å². The molecule has 0 atom stereocenters. The molecule has 22 heavy (non-hydrogen) atoms. The number of nitrogens with zero attached hydrogens (tertiary/aromatic N) is 1. The summed E-state index contributed by atoms with van der Waals surface area (Å²) < 4.78 is 17.0. The molecule has 0 saturated carbocycles. The summed E-state index contributed by atoms with van der Waals surface area (Å²) in [6, 6.07) is 7.94. The van der Waals surface area contributed by atoms with Gasteiger partial charge in [0.25, 0.3) is 0 Å². The summed E-state index contributed by atoms with van der Waals surface area (Å²) in [6.45, 7) is 4.77. The Labute approximate surface area is 135 Å². The molecule has 0 unspecified atom stereocenters. The zero-order chi connectivity index (χ0) is 15.5. The maximum absolute atomic E-state index is 6.32. The first-order chi connectivity index (χ1) is 10.6. The first kappa shape index (κ1) is 15.3. The minimum atomic E-state index is 0.608. The van der Waals surface area contributed by atoms with Crippen molar-refractivity contribution in [3.63, 3.8) is 0 Å². The van der Waals surface area contributed by atoms with Gasteiger partial charge in [-0.1, -0.05) is 11.6 Å². The third-order valence-electron chi connectivity index (χ3n) is 3.54. The van der Waals surface area contributed by atoms with Crippen molar-refractivity contribution in [1.82, 2.24) is 4.90 Å². The maximum atomic E-state index is 6.32. The Morgan fingerprint density at radius 1 is 1.14 bits per heavy atom. The van der Waals surface area contributed by atoms with Gasteiger partial charge in [-0.15, -0.1) is 0 Å². The zero-order valence-corrected chi connectivity index (χ0v) is 13.7. The minimum absolute atomic E-state index is 0.608. The van der Waals surface area contributed by atoms with E-state index in [0.717, 1.165) is 42.3 Å². The average Bonchev–Trinajstić information content (AvgIpc) is 2.72. The highest BCUT2D eigenvalue weighted by Crippen LogP contribution is 2.38. The van der Waals surface area contributed by atoms with Crippen molar-refractivity contribution in [3.8, 4) is 11.5 Å². The molecule has 1 aromatic carbocycles. The van der Waals surface area contributed by atoms with Crippen LogP contribution < -0.4 is 9.47 Å². The van der Waals surface area contributed by atoms with Crippen molar-refractivity contribution in [2.24, 2.45) is 0 Å². The molecule has 1 aliphatic rings. The van der Waals surface area contributed by atoms with Gasteiger partial charge in [-0.3, -0.25) is 4.90 Å². The normalized spacial score (nSPS) is 14.2. The predicted octanol–water partition coefficient (Wildman–Crippen LogP) is 4.03. The second-order valence-electron chi connectivity index (χ2n) is 5.64. The molecule has 0 spiro atoms. The van der Waals surface area contributed by atoms with E-state index in [9.17, 15) is 0 Å². The van der Waals surface area contributed by atoms with Gasteiger partial charge in [-0.05, 0) is 43.8 Å². The molecule has 5 heteroatoms. The second-order valence-corrected chi connectivity index (χ2v) is 6.05. The van der Waals surface area contributed by atoms with E-state index in [1.54, 1.807) is 0 Å². The number of furan rings is 1. The highest BCUT2D eigenvalue weighted by Gasteiger charge is 2.16. The summed E-state index contributed by atoms with van der Waals surface area (Å²) in [5.74, 6) is 3.29. The second kappa shape index (κ2) is 6.63. The van der Waals surface area contributed by atoms with Crippen LogP contribution in [0, 0.1) is 6.92 Å². The van der Waals surface area contributed by atoms with Crippen molar-refractivity contribution in [2.45, 2.75) is 26.4 Å². The lowest BCUT2D eigenvalue weighted by atomic mass is 10.2. The molecule has 0 fully saturated rings. The summed E-state index contributed by atoms with van der Waals surface area (Å²) in [5.41, 5.74) is 1.10. The number of fused-ring (bicyclic) bond motifs is 1. The van der Waals surface area contributed by atoms with Crippen LogP contribution in [0.5, 0.6) is 11.5 Å². The molecular weight excluding hydrogens is 302 g/mol. The highest BCUT2D eigenvalue weighted by molar-refractivity contribution is 6.32. The van der Waals surface area contributed by atoms with E-state index in [-0.39, 0.29) is 0 Å². The lowest BCUT2D eigenvalue weighted by Crippen LogP contribution is -2.17. The standard InChI is InChI=1S/C17H20ClNO3/c1-12-4-5-14(22-12)11-19(2)10-13-8-15(18)17-16(9-13)20-6-3-7-21-17/h4-5,8-9H,3,6-7,10-11H2,1-2H3. The predicted molar refractivity (Wildman–Crippen MR) is 85.7 cm³/mol. The first-order valence-corrected chi connectivity index (χ1v) is 7.81. The third kappa shape index (κ3) is 3.57. The Kier molecular flexibility index (Phi) is 4.60. The van der Waals surface area contributed by atoms with Gasteiger partial charge in [-0.25, -0.2) is 0 Å². The zero-order valence-electron chi connectivity index (χ0n) is 12.9. The van der Waals surface area contributed by atoms with Crippen molar-refractivity contribution < 1.29 is 13.9 Å². The fraction of sp³-hybridized carbons (Fsp3) is 0.412. The molecule has 0 bridgehead atoms. The lowest BCUT2D eigenvalue weighted by Gasteiger charge is -2.17. The molecule has 3 rings (SSSR count). The Bertz CT molecular complexity index is 653. The molecule has 2 heterocycles. The number of ether oxygens (including phenoxy) is 2. The Morgan fingerprint density at radius 2 is 1.95 bits per heavy atom. The fourth-order valence-electron chi connectivity index (χ4n) is 2.58. The summed E-state index contributed by atoms with van der Waals surface area (Å²) in [5, 5.41) is 0.608. The van der Waals surface area contributed by atoms with E-state index >= 15 is 0 Å². The molecular formula is C17H20ClNO3. The number of benzene rings is 1. The van der Waals surface area contributed by atoms with Gasteiger partial charge in [0.1, 0.15) is 11.5 Å². The van der Waals surface area contributed by atoms with E-state index in [0.29, 0.717) is 24.0 Å². The van der Waals surface area contributed by atoms with Crippen LogP contribution >= 0.6 is 11.6 Å². The third-order valence-corrected chi connectivity index (χ3v) is 3.82. The van der Waals surface area contributed by atoms with Crippen LogP contribution in [0.1, 0.15) is 23.5 Å². The van der Waals surface area contributed by atoms with Gasteiger partial charge in [0.2, 0.25) is 0 Å². The smallest absolute Gasteiger partial charge is 0.179 e. The molecule has 0 N–H and O–H groups in total. The van der Waals surface area contributed by atoms with Crippen molar-refractivity contribution >= 4 is 11.6 Å². The van der Waals surface area contributed by atoms with Gasteiger partial charge in [0, 0.05) is 13.0 Å². The minimum Gasteiger partial charge on any atom is -0.489 e. The van der Waals surface area contributed by atoms with Gasteiger partial charge in [-0.2, -0.15) is 0 Å². The molecule has 4 nitrogen and oxygen atoms in total. The summed E-state index contributed by atoms with van der Waals surface area (Å²) in [7, 11) is 2.05. The largest absolute Gasteiger partial charge is 0.489 e. The highest BCUT2D eigenvalue weighted by atomic mass is 35.5. The quantitative estimate of drug-likeness (QED) is 0.851. The topological polar surface area (TPSA) is 34.8 Å². The van der Waals surface area contributed by atoms with Crippen molar-refractivity contribution in [2.75, 3.05) is 20.3 Å². The lowest BCUT2D eigenvalue weighted by molar-refractivity contribution is 0.284. The van der Waals surface area contributed by atoms with Gasteiger partial charge < -0.3 is 13.9 Å². The summed E-state index contributed by atoms with van der Waals surface area (Å²) in [4.78, 5) is 2.17. The monoisotopic (exact) mass is 321 g/mol. The molecule has 0 amide bonds. The number of aryl methyl sites for hydroxylation is 1. The molecule has 1 aromatic heterocycles. The number of rotatable bonds is 4. The van der Waals surface area contributed by atoms with Crippen LogP contribution in [0.3, 0.4) is 0 Å². The first-order valence-electron chi connectivity index (χ1n) is 7.43. The SMILES string of the molecule is Cc1ccc(CN(C)Cc2cc(Cl)c3c(c2)OCCCO3)o1.